The van der Waals surface area contributed by atoms with Gasteiger partial charge in [0.25, 0.3) is 0 Å². The van der Waals surface area contributed by atoms with Gasteiger partial charge >= 0.3 is 5.63 Å². The van der Waals surface area contributed by atoms with Crippen molar-refractivity contribution in [3.63, 3.8) is 0 Å². The normalized spacial score (nSPS) is 10.7. The smallest absolute Gasteiger partial charge is 0.336 e. The highest BCUT2D eigenvalue weighted by Gasteiger charge is 2.07. The molecule has 0 aliphatic rings. The van der Waals surface area contributed by atoms with E-state index in [4.69, 9.17) is 9.15 Å². The molecule has 0 fully saturated rings. The van der Waals surface area contributed by atoms with Crippen LogP contribution in [0.3, 0.4) is 0 Å². The highest BCUT2D eigenvalue weighted by atomic mass is 16.5. The quantitative estimate of drug-likeness (QED) is 0.682. The van der Waals surface area contributed by atoms with E-state index in [0.717, 1.165) is 16.5 Å². The van der Waals surface area contributed by atoms with E-state index in [1.165, 1.54) is 0 Å². The molecule has 1 aromatic heterocycles. The van der Waals surface area contributed by atoms with E-state index >= 15 is 0 Å². The molecule has 2 aromatic carbocycles. The predicted molar refractivity (Wildman–Crippen MR) is 78.3 cm³/mol. The molecule has 0 saturated carbocycles. The summed E-state index contributed by atoms with van der Waals surface area (Å²) in [4.78, 5) is 11.7. The van der Waals surface area contributed by atoms with Crippen LogP contribution in [0, 0.1) is 0 Å². The molecule has 0 atom stereocenters. The molecule has 100 valence electrons. The van der Waals surface area contributed by atoms with Gasteiger partial charge in [0.05, 0.1) is 7.11 Å². The van der Waals surface area contributed by atoms with Crippen LogP contribution in [-0.2, 0) is 6.42 Å². The first-order valence-corrected chi connectivity index (χ1v) is 6.41. The molecule has 3 aromatic rings. The average molecular weight is 266 g/mol. The lowest BCUT2D eigenvalue weighted by atomic mass is 10.0. The summed E-state index contributed by atoms with van der Waals surface area (Å²) in [7, 11) is 1.59. The Morgan fingerprint density at radius 2 is 1.85 bits per heavy atom. The van der Waals surface area contributed by atoms with Gasteiger partial charge in [-0.05, 0) is 29.7 Å². The van der Waals surface area contributed by atoms with Crippen LogP contribution < -0.4 is 10.4 Å². The van der Waals surface area contributed by atoms with Crippen molar-refractivity contribution in [1.82, 2.24) is 0 Å². The second kappa shape index (κ2) is 5.21. The van der Waals surface area contributed by atoms with E-state index in [-0.39, 0.29) is 5.63 Å². The molecular formula is C17H14O3. The minimum atomic E-state index is -0.336. The SMILES string of the molecule is COc1ccc2c(Cc3ccccc3)cc(=O)oc2c1. The van der Waals surface area contributed by atoms with E-state index < -0.39 is 0 Å². The van der Waals surface area contributed by atoms with Gasteiger partial charge in [0, 0.05) is 17.5 Å². The maximum atomic E-state index is 11.7. The Labute approximate surface area is 116 Å². The zero-order valence-corrected chi connectivity index (χ0v) is 11.1. The molecule has 0 aliphatic heterocycles. The third kappa shape index (κ3) is 2.43. The number of hydrogen-bond donors (Lipinski definition) is 0. The van der Waals surface area contributed by atoms with Crippen LogP contribution in [-0.4, -0.2) is 7.11 Å². The Kier molecular flexibility index (Phi) is 3.25. The Bertz CT molecular complexity index is 788. The summed E-state index contributed by atoms with van der Waals surface area (Å²) in [6, 6.07) is 17.1. The Morgan fingerprint density at radius 1 is 1.05 bits per heavy atom. The van der Waals surface area contributed by atoms with E-state index in [2.05, 4.69) is 0 Å². The molecule has 0 radical (unpaired) electrons. The third-order valence-electron chi connectivity index (χ3n) is 3.27. The minimum Gasteiger partial charge on any atom is -0.497 e. The molecule has 0 spiro atoms. The summed E-state index contributed by atoms with van der Waals surface area (Å²) < 4.78 is 10.4. The summed E-state index contributed by atoms with van der Waals surface area (Å²) in [6.07, 6.45) is 0.704. The zero-order chi connectivity index (χ0) is 13.9. The van der Waals surface area contributed by atoms with Crippen molar-refractivity contribution in [2.75, 3.05) is 7.11 Å². The van der Waals surface area contributed by atoms with E-state index in [1.54, 1.807) is 19.2 Å². The number of methoxy groups -OCH3 is 1. The number of fused-ring (bicyclic) bond motifs is 1. The third-order valence-corrected chi connectivity index (χ3v) is 3.27. The topological polar surface area (TPSA) is 39.4 Å². The maximum absolute atomic E-state index is 11.7. The van der Waals surface area contributed by atoms with Crippen LogP contribution in [0.15, 0.2) is 63.8 Å². The number of benzene rings is 2. The van der Waals surface area contributed by atoms with Crippen LogP contribution in [0.4, 0.5) is 0 Å². The molecule has 0 saturated heterocycles. The molecule has 0 N–H and O–H groups in total. The predicted octanol–water partition coefficient (Wildman–Crippen LogP) is 3.39. The average Bonchev–Trinajstić information content (AvgIpc) is 2.47. The lowest BCUT2D eigenvalue weighted by Crippen LogP contribution is -2.01. The van der Waals surface area contributed by atoms with Gasteiger partial charge in [0.1, 0.15) is 11.3 Å². The maximum Gasteiger partial charge on any atom is 0.336 e. The zero-order valence-electron chi connectivity index (χ0n) is 11.1. The molecule has 0 amide bonds. The van der Waals surface area contributed by atoms with Crippen molar-refractivity contribution in [1.29, 1.82) is 0 Å². The fraction of sp³-hybridized carbons (Fsp3) is 0.118. The summed E-state index contributed by atoms with van der Waals surface area (Å²) in [5, 5.41) is 0.939. The molecule has 20 heavy (non-hydrogen) atoms. The Morgan fingerprint density at radius 3 is 2.60 bits per heavy atom. The fourth-order valence-corrected chi connectivity index (χ4v) is 2.30. The highest BCUT2D eigenvalue weighted by molar-refractivity contribution is 5.81. The number of hydrogen-bond acceptors (Lipinski definition) is 3. The molecule has 0 bridgehead atoms. The molecular weight excluding hydrogens is 252 g/mol. The largest absolute Gasteiger partial charge is 0.497 e. The monoisotopic (exact) mass is 266 g/mol. The minimum absolute atomic E-state index is 0.336. The van der Waals surface area contributed by atoms with Gasteiger partial charge in [-0.1, -0.05) is 30.3 Å². The van der Waals surface area contributed by atoms with Gasteiger partial charge in [-0.2, -0.15) is 0 Å². The van der Waals surface area contributed by atoms with E-state index in [0.29, 0.717) is 17.8 Å². The summed E-state index contributed by atoms with van der Waals surface area (Å²) >= 11 is 0. The van der Waals surface area contributed by atoms with E-state index in [1.807, 2.05) is 42.5 Å². The standard InChI is InChI=1S/C17H14O3/c1-19-14-7-8-15-13(9-12-5-3-2-4-6-12)10-17(18)20-16(15)11-14/h2-8,10-11H,9H2,1H3. The second-order valence-electron chi connectivity index (χ2n) is 4.62. The molecule has 3 rings (SSSR count). The second-order valence-corrected chi connectivity index (χ2v) is 4.62. The molecule has 1 heterocycles. The van der Waals surface area contributed by atoms with Crippen molar-refractivity contribution in [2.24, 2.45) is 0 Å². The van der Waals surface area contributed by atoms with Crippen LogP contribution in [0.5, 0.6) is 5.75 Å². The Balaban J connectivity index is 2.12. The first kappa shape index (κ1) is 12.5. The van der Waals surface area contributed by atoms with Crippen LogP contribution >= 0.6 is 0 Å². The van der Waals surface area contributed by atoms with Gasteiger partial charge in [0.15, 0.2) is 0 Å². The molecule has 3 nitrogen and oxygen atoms in total. The summed E-state index contributed by atoms with van der Waals surface area (Å²) in [6.45, 7) is 0. The van der Waals surface area contributed by atoms with Crippen molar-refractivity contribution in [3.8, 4) is 5.75 Å². The van der Waals surface area contributed by atoms with Gasteiger partial charge in [0.2, 0.25) is 0 Å². The van der Waals surface area contributed by atoms with E-state index in [9.17, 15) is 4.79 Å². The number of rotatable bonds is 3. The van der Waals surface area contributed by atoms with Gasteiger partial charge in [-0.3, -0.25) is 0 Å². The molecule has 0 aliphatic carbocycles. The summed E-state index contributed by atoms with van der Waals surface area (Å²) in [5.74, 6) is 0.678. The van der Waals surface area contributed by atoms with Gasteiger partial charge in [-0.25, -0.2) is 4.79 Å². The van der Waals surface area contributed by atoms with Gasteiger partial charge < -0.3 is 9.15 Å². The van der Waals surface area contributed by atoms with Crippen LogP contribution in [0.1, 0.15) is 11.1 Å². The summed E-state index contributed by atoms with van der Waals surface area (Å²) in [5.41, 5.74) is 2.35. The van der Waals surface area contributed by atoms with Crippen LogP contribution in [0.25, 0.3) is 11.0 Å². The molecule has 0 unspecified atom stereocenters. The first-order chi connectivity index (χ1) is 9.76. The van der Waals surface area contributed by atoms with Crippen molar-refractivity contribution >= 4 is 11.0 Å². The molecule has 3 heteroatoms. The fourth-order valence-electron chi connectivity index (χ4n) is 2.30. The van der Waals surface area contributed by atoms with Crippen molar-refractivity contribution < 1.29 is 9.15 Å². The lowest BCUT2D eigenvalue weighted by molar-refractivity contribution is 0.414. The van der Waals surface area contributed by atoms with Gasteiger partial charge in [-0.15, -0.1) is 0 Å². The number of ether oxygens (including phenoxy) is 1. The Hall–Kier alpha value is -2.55. The highest BCUT2D eigenvalue weighted by Crippen LogP contribution is 2.24. The van der Waals surface area contributed by atoms with Crippen molar-refractivity contribution in [3.05, 3.63) is 76.1 Å². The van der Waals surface area contributed by atoms with Crippen LogP contribution in [0.2, 0.25) is 0 Å². The van der Waals surface area contributed by atoms with Crippen molar-refractivity contribution in [2.45, 2.75) is 6.42 Å². The lowest BCUT2D eigenvalue weighted by Gasteiger charge is -2.07. The first-order valence-electron chi connectivity index (χ1n) is 6.41.